The molecule has 1 aromatic heterocycles. The van der Waals surface area contributed by atoms with Crippen molar-refractivity contribution < 1.29 is 23.8 Å². The van der Waals surface area contributed by atoms with E-state index in [1.54, 1.807) is 18.9 Å². The fraction of sp³-hybridized carbons (Fsp3) is 0.148. The van der Waals surface area contributed by atoms with Gasteiger partial charge in [0.1, 0.15) is 17.1 Å². The van der Waals surface area contributed by atoms with Crippen molar-refractivity contribution in [2.45, 2.75) is 13.5 Å². The molecule has 1 amide bonds. The maximum Gasteiger partial charge on any atom is 0.338 e. The van der Waals surface area contributed by atoms with Crippen LogP contribution in [0, 0.1) is 5.82 Å². The molecule has 0 aliphatic rings. The highest BCUT2D eigenvalue weighted by Crippen LogP contribution is 2.33. The number of aromatic nitrogens is 1. The fourth-order valence-corrected chi connectivity index (χ4v) is 3.88. The number of nitrogens with one attached hydrogen (secondary N) is 2. The zero-order valence-electron chi connectivity index (χ0n) is 19.7. The Labute approximate surface area is 206 Å². The van der Waals surface area contributed by atoms with Gasteiger partial charge in [-0.05, 0) is 48.9 Å². The Balaban J connectivity index is 1.66. The van der Waals surface area contributed by atoms with Gasteiger partial charge in [-0.3, -0.25) is 9.59 Å². The number of hydrogen-bond acceptors (Lipinski definition) is 6. The molecule has 0 saturated heterocycles. The summed E-state index contributed by atoms with van der Waals surface area (Å²) in [5.74, 6) is -2.67. The summed E-state index contributed by atoms with van der Waals surface area (Å²) in [5.41, 5.74) is 0.712. The number of carbonyl (C=O) groups is 2. The number of H-pyrrole nitrogens is 1. The van der Waals surface area contributed by atoms with E-state index >= 15 is 0 Å². The molecule has 0 atom stereocenters. The van der Waals surface area contributed by atoms with Crippen LogP contribution in [0.1, 0.15) is 33.2 Å². The lowest BCUT2D eigenvalue weighted by molar-refractivity contribution is 0.0526. The van der Waals surface area contributed by atoms with Gasteiger partial charge in [-0.2, -0.15) is 0 Å². The van der Waals surface area contributed by atoms with Crippen LogP contribution in [-0.4, -0.2) is 35.6 Å². The van der Waals surface area contributed by atoms with Crippen molar-refractivity contribution in [2.75, 3.05) is 23.9 Å². The monoisotopic (exact) mass is 489 g/mol. The molecule has 0 saturated carbocycles. The number of esters is 1. The Kier molecular flexibility index (Phi) is 7.00. The second-order valence-corrected chi connectivity index (χ2v) is 8.12. The summed E-state index contributed by atoms with van der Waals surface area (Å²) in [4.78, 5) is 41.9. The second-order valence-electron chi connectivity index (χ2n) is 8.12. The number of hydrogen-bond donors (Lipinski definition) is 3. The number of aromatic hydroxyl groups is 1. The molecule has 8 nitrogen and oxygen atoms in total. The van der Waals surface area contributed by atoms with E-state index in [2.05, 4.69) is 10.3 Å². The summed E-state index contributed by atoms with van der Waals surface area (Å²) in [7, 11) is 1.73. The Bertz CT molecular complexity index is 1480. The SMILES string of the molecule is CCOC(=O)c1ccc(NC(=O)c2c(O)c3cc(F)cc(N(C)Cc4ccccc4)c3[nH]c2=O)cc1. The van der Waals surface area contributed by atoms with Crippen molar-refractivity contribution in [3.8, 4) is 5.75 Å². The minimum Gasteiger partial charge on any atom is -0.506 e. The van der Waals surface area contributed by atoms with Crippen LogP contribution in [0.2, 0.25) is 0 Å². The van der Waals surface area contributed by atoms with E-state index in [0.29, 0.717) is 17.8 Å². The molecule has 1 heterocycles. The van der Waals surface area contributed by atoms with Gasteiger partial charge in [0.2, 0.25) is 0 Å². The standard InChI is InChI=1S/C27H24FN3O5/c1-3-36-27(35)17-9-11-19(12-10-17)29-25(33)22-24(32)20-13-18(28)14-21(23(20)30-26(22)34)31(2)15-16-7-5-4-6-8-16/h4-14H,3,15H2,1-2H3,(H,29,33)(H2,30,32,34). The molecule has 3 aromatic carbocycles. The third kappa shape index (κ3) is 5.05. The molecule has 0 bridgehead atoms. The van der Waals surface area contributed by atoms with E-state index in [-0.39, 0.29) is 23.2 Å². The molecule has 4 aromatic rings. The van der Waals surface area contributed by atoms with Crippen molar-refractivity contribution in [3.63, 3.8) is 0 Å². The van der Waals surface area contributed by atoms with Crippen molar-refractivity contribution in [1.82, 2.24) is 4.98 Å². The number of anilines is 2. The topological polar surface area (TPSA) is 112 Å². The molecule has 36 heavy (non-hydrogen) atoms. The molecular formula is C27H24FN3O5. The number of carbonyl (C=O) groups excluding carboxylic acids is 2. The van der Waals surface area contributed by atoms with Crippen LogP contribution in [0.4, 0.5) is 15.8 Å². The van der Waals surface area contributed by atoms with E-state index in [1.165, 1.54) is 30.3 Å². The number of halogens is 1. The summed E-state index contributed by atoms with van der Waals surface area (Å²) >= 11 is 0. The predicted octanol–water partition coefficient (Wildman–Crippen LogP) is 4.44. The number of nitrogens with zero attached hydrogens (tertiary/aromatic N) is 1. The highest BCUT2D eigenvalue weighted by atomic mass is 19.1. The largest absolute Gasteiger partial charge is 0.506 e. The van der Waals surface area contributed by atoms with E-state index in [1.807, 2.05) is 30.3 Å². The van der Waals surface area contributed by atoms with E-state index in [4.69, 9.17) is 4.74 Å². The molecule has 0 radical (unpaired) electrons. The van der Waals surface area contributed by atoms with Crippen LogP contribution in [0.25, 0.3) is 10.9 Å². The van der Waals surface area contributed by atoms with Gasteiger partial charge in [-0.1, -0.05) is 30.3 Å². The summed E-state index contributed by atoms with van der Waals surface area (Å²) < 4.78 is 19.5. The van der Waals surface area contributed by atoms with Crippen LogP contribution in [0.5, 0.6) is 5.75 Å². The Morgan fingerprint density at radius 2 is 1.78 bits per heavy atom. The number of fused-ring (bicyclic) bond motifs is 1. The van der Waals surface area contributed by atoms with Gasteiger partial charge in [0.05, 0.1) is 23.4 Å². The smallest absolute Gasteiger partial charge is 0.338 e. The summed E-state index contributed by atoms with van der Waals surface area (Å²) in [6, 6.07) is 17.7. The van der Waals surface area contributed by atoms with E-state index in [0.717, 1.165) is 11.6 Å². The summed E-state index contributed by atoms with van der Waals surface area (Å²) in [6.45, 7) is 2.34. The van der Waals surface area contributed by atoms with Crippen molar-refractivity contribution in [3.05, 3.63) is 99.6 Å². The van der Waals surface area contributed by atoms with Crippen LogP contribution < -0.4 is 15.8 Å². The number of ether oxygens (including phenoxy) is 1. The van der Waals surface area contributed by atoms with Crippen molar-refractivity contribution >= 4 is 34.2 Å². The van der Waals surface area contributed by atoms with E-state index in [9.17, 15) is 23.9 Å². The predicted molar refractivity (Wildman–Crippen MR) is 135 cm³/mol. The van der Waals surface area contributed by atoms with Crippen molar-refractivity contribution in [1.29, 1.82) is 0 Å². The maximum atomic E-state index is 14.5. The average Bonchev–Trinajstić information content (AvgIpc) is 2.85. The van der Waals surface area contributed by atoms with Crippen LogP contribution in [-0.2, 0) is 11.3 Å². The zero-order valence-corrected chi connectivity index (χ0v) is 19.7. The van der Waals surface area contributed by atoms with Gasteiger partial charge in [-0.25, -0.2) is 9.18 Å². The molecule has 0 aliphatic carbocycles. The molecule has 184 valence electrons. The van der Waals surface area contributed by atoms with Gasteiger partial charge < -0.3 is 25.0 Å². The number of rotatable bonds is 7. The normalized spacial score (nSPS) is 10.8. The average molecular weight is 490 g/mol. The fourth-order valence-electron chi connectivity index (χ4n) is 3.88. The molecule has 0 unspecified atom stereocenters. The maximum absolute atomic E-state index is 14.5. The first kappa shape index (κ1) is 24.5. The molecule has 9 heteroatoms. The Morgan fingerprint density at radius 1 is 1.08 bits per heavy atom. The van der Waals surface area contributed by atoms with Gasteiger partial charge >= 0.3 is 5.97 Å². The molecular weight excluding hydrogens is 465 g/mol. The van der Waals surface area contributed by atoms with Crippen molar-refractivity contribution in [2.24, 2.45) is 0 Å². The minimum absolute atomic E-state index is 0.00711. The van der Waals surface area contributed by atoms with Gasteiger partial charge in [0.25, 0.3) is 11.5 Å². The highest BCUT2D eigenvalue weighted by Gasteiger charge is 2.22. The molecule has 3 N–H and O–H groups in total. The minimum atomic E-state index is -0.886. The zero-order chi connectivity index (χ0) is 25.8. The van der Waals surface area contributed by atoms with Crippen LogP contribution >= 0.6 is 0 Å². The third-order valence-corrected chi connectivity index (χ3v) is 5.59. The lowest BCUT2D eigenvalue weighted by Gasteiger charge is -2.22. The van der Waals surface area contributed by atoms with Crippen LogP contribution in [0.3, 0.4) is 0 Å². The third-order valence-electron chi connectivity index (χ3n) is 5.59. The molecule has 4 rings (SSSR count). The number of pyridine rings is 1. The highest BCUT2D eigenvalue weighted by molar-refractivity contribution is 6.10. The first-order chi connectivity index (χ1) is 17.3. The summed E-state index contributed by atoms with van der Waals surface area (Å²) in [5, 5.41) is 13.4. The molecule has 0 spiro atoms. The van der Waals surface area contributed by atoms with Crippen LogP contribution in [0.15, 0.2) is 71.5 Å². The lowest BCUT2D eigenvalue weighted by Crippen LogP contribution is -2.24. The number of aromatic amines is 1. The Hall–Kier alpha value is -4.66. The quantitative estimate of drug-likeness (QED) is 0.331. The van der Waals surface area contributed by atoms with Gasteiger partial charge in [0.15, 0.2) is 0 Å². The lowest BCUT2D eigenvalue weighted by atomic mass is 10.1. The second kappa shape index (κ2) is 10.3. The molecule has 0 fully saturated rings. The molecule has 0 aliphatic heterocycles. The van der Waals surface area contributed by atoms with E-state index < -0.39 is 34.6 Å². The Morgan fingerprint density at radius 3 is 2.44 bits per heavy atom. The number of amides is 1. The summed E-state index contributed by atoms with van der Waals surface area (Å²) in [6.07, 6.45) is 0. The number of benzene rings is 3. The first-order valence-electron chi connectivity index (χ1n) is 11.2. The first-order valence-corrected chi connectivity index (χ1v) is 11.2. The van der Waals surface area contributed by atoms with Gasteiger partial charge in [0, 0.05) is 24.7 Å². The van der Waals surface area contributed by atoms with Gasteiger partial charge in [-0.15, -0.1) is 0 Å².